The molecular formula is C16H19N3O. The van der Waals surface area contributed by atoms with E-state index in [2.05, 4.69) is 22.6 Å². The largest absolute Gasteiger partial charge is 0.315 e. The van der Waals surface area contributed by atoms with Crippen molar-refractivity contribution in [1.29, 1.82) is 0 Å². The molecule has 2 fully saturated rings. The van der Waals surface area contributed by atoms with Gasteiger partial charge < -0.3 is 5.32 Å². The van der Waals surface area contributed by atoms with Crippen molar-refractivity contribution >= 4 is 11.6 Å². The monoisotopic (exact) mass is 269 g/mol. The van der Waals surface area contributed by atoms with Gasteiger partial charge in [0.1, 0.15) is 5.41 Å². The lowest BCUT2D eigenvalue weighted by atomic mass is 9.74. The summed E-state index contributed by atoms with van der Waals surface area (Å²) in [4.78, 5) is 12.9. The van der Waals surface area contributed by atoms with Crippen LogP contribution in [0.15, 0.2) is 35.4 Å². The molecule has 0 spiro atoms. The van der Waals surface area contributed by atoms with Crippen LogP contribution in [-0.2, 0) is 11.2 Å². The molecule has 1 atom stereocenters. The molecule has 1 aliphatic carbocycles. The number of hydrogen-bond donors (Lipinski definition) is 1. The lowest BCUT2D eigenvalue weighted by molar-refractivity contribution is -0.136. The third kappa shape index (κ3) is 1.79. The third-order valence-corrected chi connectivity index (χ3v) is 4.61. The van der Waals surface area contributed by atoms with Gasteiger partial charge in [-0.1, -0.05) is 30.3 Å². The number of carbonyl (C=O) groups is 1. The van der Waals surface area contributed by atoms with Gasteiger partial charge in [-0.25, -0.2) is 5.01 Å². The van der Waals surface area contributed by atoms with Crippen LogP contribution in [0.5, 0.6) is 0 Å². The average molecular weight is 269 g/mol. The van der Waals surface area contributed by atoms with E-state index >= 15 is 0 Å². The Morgan fingerprint density at radius 3 is 2.85 bits per heavy atom. The van der Waals surface area contributed by atoms with Crippen molar-refractivity contribution in [2.75, 3.05) is 13.1 Å². The van der Waals surface area contributed by atoms with E-state index in [0.29, 0.717) is 6.04 Å². The second kappa shape index (κ2) is 4.42. The normalized spacial score (nSPS) is 29.3. The Morgan fingerprint density at radius 1 is 1.30 bits per heavy atom. The minimum Gasteiger partial charge on any atom is -0.315 e. The summed E-state index contributed by atoms with van der Waals surface area (Å²) in [7, 11) is 0. The summed E-state index contributed by atoms with van der Waals surface area (Å²) in [5.74, 6) is 0.214. The molecule has 4 heteroatoms. The molecule has 1 aromatic rings. The maximum Gasteiger partial charge on any atom is 0.256 e. The van der Waals surface area contributed by atoms with E-state index in [0.717, 1.165) is 44.5 Å². The van der Waals surface area contributed by atoms with Gasteiger partial charge in [-0.15, -0.1) is 0 Å². The third-order valence-electron chi connectivity index (χ3n) is 4.61. The summed E-state index contributed by atoms with van der Waals surface area (Å²) < 4.78 is 0. The maximum atomic E-state index is 12.9. The molecular weight excluding hydrogens is 250 g/mol. The molecule has 104 valence electrons. The van der Waals surface area contributed by atoms with E-state index in [-0.39, 0.29) is 5.91 Å². The molecule has 0 radical (unpaired) electrons. The molecule has 1 N–H and O–H groups in total. The van der Waals surface area contributed by atoms with Gasteiger partial charge in [0.15, 0.2) is 0 Å². The van der Waals surface area contributed by atoms with E-state index in [9.17, 15) is 4.79 Å². The molecule has 1 aromatic carbocycles. The smallest absolute Gasteiger partial charge is 0.256 e. The number of nitrogens with one attached hydrogen (secondary N) is 1. The van der Waals surface area contributed by atoms with Gasteiger partial charge in [0.25, 0.3) is 5.91 Å². The zero-order valence-corrected chi connectivity index (χ0v) is 11.5. The number of amides is 1. The van der Waals surface area contributed by atoms with Crippen LogP contribution in [0.3, 0.4) is 0 Å². The molecule has 1 unspecified atom stereocenters. The molecule has 1 saturated carbocycles. The summed E-state index contributed by atoms with van der Waals surface area (Å²) in [6.07, 6.45) is 3.87. The molecule has 1 amide bonds. The van der Waals surface area contributed by atoms with Gasteiger partial charge in [-0.05, 0) is 24.8 Å². The van der Waals surface area contributed by atoms with Crippen molar-refractivity contribution in [1.82, 2.24) is 10.3 Å². The lowest BCUT2D eigenvalue weighted by Crippen LogP contribution is -2.52. The number of benzene rings is 1. The SMILES string of the molecule is O=C1N(C2CC2)N=C2CCNCC12Cc1ccccc1. The highest BCUT2D eigenvalue weighted by Crippen LogP contribution is 2.41. The highest BCUT2D eigenvalue weighted by Gasteiger charge is 2.54. The lowest BCUT2D eigenvalue weighted by Gasteiger charge is -2.33. The molecule has 0 bridgehead atoms. The first-order valence-electron chi connectivity index (χ1n) is 7.46. The summed E-state index contributed by atoms with van der Waals surface area (Å²) in [6, 6.07) is 10.7. The number of carbonyl (C=O) groups excluding carboxylic acids is 1. The van der Waals surface area contributed by atoms with Crippen molar-refractivity contribution in [3.8, 4) is 0 Å². The first kappa shape index (κ1) is 12.1. The second-order valence-corrected chi connectivity index (χ2v) is 6.10. The molecule has 0 aromatic heterocycles. The predicted molar refractivity (Wildman–Crippen MR) is 77.4 cm³/mol. The molecule has 4 nitrogen and oxygen atoms in total. The topological polar surface area (TPSA) is 44.7 Å². The van der Waals surface area contributed by atoms with Crippen LogP contribution >= 0.6 is 0 Å². The summed E-state index contributed by atoms with van der Waals surface area (Å²) in [5.41, 5.74) is 1.88. The quantitative estimate of drug-likeness (QED) is 0.905. The maximum absolute atomic E-state index is 12.9. The number of hydrogen-bond acceptors (Lipinski definition) is 3. The number of piperidine rings is 1. The predicted octanol–water partition coefficient (Wildman–Crippen LogP) is 1.57. The van der Waals surface area contributed by atoms with Crippen LogP contribution in [0, 0.1) is 5.41 Å². The van der Waals surface area contributed by atoms with Crippen LogP contribution in [0.4, 0.5) is 0 Å². The van der Waals surface area contributed by atoms with E-state index < -0.39 is 5.41 Å². The van der Waals surface area contributed by atoms with Gasteiger partial charge in [-0.3, -0.25) is 4.79 Å². The van der Waals surface area contributed by atoms with Crippen LogP contribution in [0.25, 0.3) is 0 Å². The Morgan fingerprint density at radius 2 is 2.10 bits per heavy atom. The van der Waals surface area contributed by atoms with Crippen molar-refractivity contribution in [2.45, 2.75) is 31.7 Å². The van der Waals surface area contributed by atoms with Gasteiger partial charge in [0.2, 0.25) is 0 Å². The molecule has 20 heavy (non-hydrogen) atoms. The molecule has 1 saturated heterocycles. The molecule has 3 aliphatic rings. The van der Waals surface area contributed by atoms with Crippen LogP contribution in [0.1, 0.15) is 24.8 Å². The Bertz CT molecular complexity index is 564. The van der Waals surface area contributed by atoms with E-state index in [1.807, 2.05) is 18.2 Å². The average Bonchev–Trinajstić information content (AvgIpc) is 3.27. The molecule has 4 rings (SSSR count). The second-order valence-electron chi connectivity index (χ2n) is 6.10. The van der Waals surface area contributed by atoms with Gasteiger partial charge >= 0.3 is 0 Å². The fourth-order valence-corrected chi connectivity index (χ4v) is 3.34. The van der Waals surface area contributed by atoms with Gasteiger partial charge in [0, 0.05) is 19.5 Å². The van der Waals surface area contributed by atoms with E-state index in [1.165, 1.54) is 5.56 Å². The highest BCUT2D eigenvalue weighted by molar-refractivity contribution is 6.13. The first-order chi connectivity index (χ1) is 9.79. The Labute approximate surface area is 118 Å². The van der Waals surface area contributed by atoms with Crippen LogP contribution in [-0.4, -0.2) is 35.8 Å². The molecule has 2 aliphatic heterocycles. The number of nitrogens with zero attached hydrogens (tertiary/aromatic N) is 2. The van der Waals surface area contributed by atoms with E-state index in [1.54, 1.807) is 5.01 Å². The fraction of sp³-hybridized carbons (Fsp3) is 0.500. The zero-order valence-electron chi connectivity index (χ0n) is 11.5. The Balaban J connectivity index is 1.69. The number of fused-ring (bicyclic) bond motifs is 1. The Hall–Kier alpha value is -1.68. The fourth-order valence-electron chi connectivity index (χ4n) is 3.34. The first-order valence-corrected chi connectivity index (χ1v) is 7.46. The van der Waals surface area contributed by atoms with Crippen molar-refractivity contribution in [3.05, 3.63) is 35.9 Å². The van der Waals surface area contributed by atoms with Crippen LogP contribution < -0.4 is 5.32 Å². The van der Waals surface area contributed by atoms with Crippen molar-refractivity contribution < 1.29 is 4.79 Å². The van der Waals surface area contributed by atoms with Gasteiger partial charge in [-0.2, -0.15) is 5.10 Å². The summed E-state index contributed by atoms with van der Waals surface area (Å²) in [6.45, 7) is 1.66. The highest BCUT2D eigenvalue weighted by atomic mass is 16.2. The van der Waals surface area contributed by atoms with Gasteiger partial charge in [0.05, 0.1) is 11.8 Å². The molecule has 2 heterocycles. The van der Waals surface area contributed by atoms with Crippen molar-refractivity contribution in [3.63, 3.8) is 0 Å². The standard InChI is InChI=1S/C16H19N3O/c20-15-16(10-12-4-2-1-3-5-12)11-17-9-8-14(16)18-19(15)13-6-7-13/h1-5,13,17H,6-11H2. The zero-order chi connectivity index (χ0) is 13.6. The summed E-state index contributed by atoms with van der Waals surface area (Å²) in [5, 5.41) is 9.86. The minimum atomic E-state index is -0.428. The summed E-state index contributed by atoms with van der Waals surface area (Å²) >= 11 is 0. The number of rotatable bonds is 3. The van der Waals surface area contributed by atoms with E-state index in [4.69, 9.17) is 0 Å². The minimum absolute atomic E-state index is 0.214. The van der Waals surface area contributed by atoms with Crippen LogP contribution in [0.2, 0.25) is 0 Å². The number of hydrazone groups is 1. The Kier molecular flexibility index (Phi) is 2.67. The van der Waals surface area contributed by atoms with Crippen molar-refractivity contribution in [2.24, 2.45) is 10.5 Å².